The molecule has 2 N–H and O–H groups in total. The van der Waals surface area contributed by atoms with E-state index in [1.807, 2.05) is 0 Å². The fourth-order valence-corrected chi connectivity index (χ4v) is 2.10. The fraction of sp³-hybridized carbons (Fsp3) is 0.0714. The molecule has 0 aliphatic carbocycles. The minimum Gasteiger partial charge on any atom is -0.345 e. The topological polar surface area (TPSA) is 70.7 Å². The van der Waals surface area contributed by atoms with Crippen LogP contribution in [0.3, 0.4) is 0 Å². The monoisotopic (exact) mass is 304 g/mol. The molecule has 0 bridgehead atoms. The summed E-state index contributed by atoms with van der Waals surface area (Å²) >= 11 is 5.73. The lowest BCUT2D eigenvalue weighted by Gasteiger charge is -2.03. The van der Waals surface area contributed by atoms with Crippen LogP contribution in [0.1, 0.15) is 16.2 Å². The number of aromatic nitrogens is 3. The maximum atomic E-state index is 13.1. The summed E-state index contributed by atoms with van der Waals surface area (Å²) in [6.07, 6.45) is 1.46. The van der Waals surface area contributed by atoms with Crippen molar-refractivity contribution in [1.29, 1.82) is 0 Å². The highest BCUT2D eigenvalue weighted by Crippen LogP contribution is 2.13. The van der Waals surface area contributed by atoms with Crippen LogP contribution in [0.2, 0.25) is 5.15 Å². The van der Waals surface area contributed by atoms with E-state index in [0.717, 1.165) is 0 Å². The highest BCUT2D eigenvalue weighted by Gasteiger charge is 2.08. The molecule has 0 saturated carbocycles. The molecule has 1 aromatic carbocycles. The van der Waals surface area contributed by atoms with Crippen LogP contribution in [-0.2, 0) is 6.54 Å². The van der Waals surface area contributed by atoms with Gasteiger partial charge < -0.3 is 10.3 Å². The van der Waals surface area contributed by atoms with Crippen molar-refractivity contribution in [2.75, 3.05) is 0 Å². The molecule has 7 heteroatoms. The molecule has 0 spiro atoms. The second-order valence-corrected chi connectivity index (χ2v) is 4.78. The summed E-state index contributed by atoms with van der Waals surface area (Å²) in [5, 5.41) is 2.96. The number of imidazole rings is 1. The van der Waals surface area contributed by atoms with Crippen molar-refractivity contribution in [1.82, 2.24) is 20.3 Å². The van der Waals surface area contributed by atoms with Crippen LogP contribution in [0.4, 0.5) is 4.39 Å². The van der Waals surface area contributed by atoms with E-state index in [1.54, 1.807) is 12.1 Å². The van der Waals surface area contributed by atoms with E-state index in [4.69, 9.17) is 11.6 Å². The lowest BCUT2D eigenvalue weighted by atomic mass is 10.2. The number of hydrogen-bond donors (Lipinski definition) is 2. The van der Waals surface area contributed by atoms with Gasteiger partial charge in [-0.15, -0.1) is 0 Å². The van der Waals surface area contributed by atoms with E-state index >= 15 is 0 Å². The second-order valence-electron chi connectivity index (χ2n) is 4.39. The van der Waals surface area contributed by atoms with Crippen LogP contribution >= 0.6 is 11.6 Å². The SMILES string of the molecule is O=C(NCc1nc2ccc(F)cc2[nH]1)c1ccnc(Cl)c1. The van der Waals surface area contributed by atoms with Gasteiger partial charge in [0.2, 0.25) is 0 Å². The Morgan fingerprint density at radius 3 is 3.00 bits per heavy atom. The molecule has 5 nitrogen and oxygen atoms in total. The molecule has 0 aliphatic rings. The first-order chi connectivity index (χ1) is 10.1. The summed E-state index contributed by atoms with van der Waals surface area (Å²) in [7, 11) is 0. The zero-order valence-corrected chi connectivity index (χ0v) is 11.5. The molecule has 0 atom stereocenters. The molecule has 0 radical (unpaired) electrons. The Bertz CT molecular complexity index is 818. The summed E-state index contributed by atoms with van der Waals surface area (Å²) in [6.45, 7) is 0.203. The third kappa shape index (κ3) is 3.00. The average molecular weight is 305 g/mol. The smallest absolute Gasteiger partial charge is 0.251 e. The van der Waals surface area contributed by atoms with Gasteiger partial charge in [-0.1, -0.05) is 11.6 Å². The summed E-state index contributed by atoms with van der Waals surface area (Å²) in [6, 6.07) is 7.32. The van der Waals surface area contributed by atoms with Crippen molar-refractivity contribution >= 4 is 28.5 Å². The molecule has 2 heterocycles. The van der Waals surface area contributed by atoms with Gasteiger partial charge in [-0.3, -0.25) is 4.79 Å². The third-order valence-electron chi connectivity index (χ3n) is 2.90. The predicted octanol–water partition coefficient (Wildman–Crippen LogP) is 2.68. The number of hydrogen-bond acceptors (Lipinski definition) is 3. The molecule has 0 aliphatic heterocycles. The molecule has 21 heavy (non-hydrogen) atoms. The van der Waals surface area contributed by atoms with E-state index in [0.29, 0.717) is 22.4 Å². The van der Waals surface area contributed by atoms with Crippen LogP contribution in [0, 0.1) is 5.82 Å². The number of fused-ring (bicyclic) bond motifs is 1. The number of carbonyl (C=O) groups is 1. The molecule has 0 unspecified atom stereocenters. The van der Waals surface area contributed by atoms with Crippen LogP contribution < -0.4 is 5.32 Å². The summed E-state index contributed by atoms with van der Waals surface area (Å²) in [4.78, 5) is 23.0. The molecule has 2 aromatic heterocycles. The van der Waals surface area contributed by atoms with Crippen LogP contribution in [0.25, 0.3) is 11.0 Å². The van der Waals surface area contributed by atoms with Gasteiger partial charge in [0.1, 0.15) is 16.8 Å². The van der Waals surface area contributed by atoms with Crippen LogP contribution in [0.15, 0.2) is 36.5 Å². The first kappa shape index (κ1) is 13.5. The number of amides is 1. The van der Waals surface area contributed by atoms with Crippen molar-refractivity contribution in [3.63, 3.8) is 0 Å². The Morgan fingerprint density at radius 1 is 1.33 bits per heavy atom. The second kappa shape index (κ2) is 5.49. The minimum atomic E-state index is -0.340. The average Bonchev–Trinajstić information content (AvgIpc) is 2.86. The lowest BCUT2D eigenvalue weighted by Crippen LogP contribution is -2.23. The number of nitrogens with one attached hydrogen (secondary N) is 2. The van der Waals surface area contributed by atoms with Gasteiger partial charge in [-0.2, -0.15) is 0 Å². The van der Waals surface area contributed by atoms with E-state index in [2.05, 4.69) is 20.3 Å². The van der Waals surface area contributed by atoms with Gasteiger partial charge >= 0.3 is 0 Å². The highest BCUT2D eigenvalue weighted by molar-refractivity contribution is 6.29. The van der Waals surface area contributed by atoms with Crippen molar-refractivity contribution in [3.8, 4) is 0 Å². The summed E-state index contributed by atoms with van der Waals surface area (Å²) in [5.41, 5.74) is 1.65. The molecule has 3 aromatic rings. The van der Waals surface area contributed by atoms with Gasteiger partial charge in [0.15, 0.2) is 0 Å². The van der Waals surface area contributed by atoms with Crippen LogP contribution in [0.5, 0.6) is 0 Å². The molecule has 3 rings (SSSR count). The molecule has 106 valence electrons. The number of aromatic amines is 1. The number of halogens is 2. The zero-order valence-electron chi connectivity index (χ0n) is 10.7. The maximum Gasteiger partial charge on any atom is 0.251 e. The maximum absolute atomic E-state index is 13.1. The molecular weight excluding hydrogens is 295 g/mol. The van der Waals surface area contributed by atoms with Crippen molar-refractivity contribution in [2.24, 2.45) is 0 Å². The third-order valence-corrected chi connectivity index (χ3v) is 3.10. The summed E-state index contributed by atoms with van der Waals surface area (Å²) < 4.78 is 13.1. The number of carbonyl (C=O) groups excluding carboxylic acids is 1. The first-order valence-corrected chi connectivity index (χ1v) is 6.53. The van der Waals surface area contributed by atoms with E-state index in [1.165, 1.54) is 24.4 Å². The standard InChI is InChI=1S/C14H10ClFN4O/c15-12-5-8(3-4-17-12)14(21)18-7-13-19-10-2-1-9(16)6-11(10)20-13/h1-6H,7H2,(H,18,21)(H,19,20). The first-order valence-electron chi connectivity index (χ1n) is 6.16. The lowest BCUT2D eigenvalue weighted by molar-refractivity contribution is 0.0950. The number of H-pyrrole nitrogens is 1. The Hall–Kier alpha value is -2.47. The number of pyridine rings is 1. The van der Waals surface area contributed by atoms with Gasteiger partial charge in [0.05, 0.1) is 17.6 Å². The fourth-order valence-electron chi connectivity index (χ4n) is 1.93. The quantitative estimate of drug-likeness (QED) is 0.731. The Balaban J connectivity index is 1.72. The number of rotatable bonds is 3. The van der Waals surface area contributed by atoms with Crippen molar-refractivity contribution < 1.29 is 9.18 Å². The van der Waals surface area contributed by atoms with Gasteiger partial charge in [0.25, 0.3) is 5.91 Å². The van der Waals surface area contributed by atoms with Crippen molar-refractivity contribution in [3.05, 3.63) is 58.9 Å². The van der Waals surface area contributed by atoms with Gasteiger partial charge in [-0.05, 0) is 30.3 Å². The molecular formula is C14H10ClFN4O. The number of nitrogens with zero attached hydrogens (tertiary/aromatic N) is 2. The predicted molar refractivity (Wildman–Crippen MR) is 76.5 cm³/mol. The minimum absolute atomic E-state index is 0.203. The number of benzene rings is 1. The van der Waals surface area contributed by atoms with Gasteiger partial charge in [0, 0.05) is 11.8 Å². The normalized spacial score (nSPS) is 10.8. The Kier molecular flexibility index (Phi) is 3.53. The highest BCUT2D eigenvalue weighted by atomic mass is 35.5. The molecule has 0 fully saturated rings. The Labute approximate surface area is 124 Å². The molecule has 1 amide bonds. The van der Waals surface area contributed by atoms with Crippen molar-refractivity contribution in [2.45, 2.75) is 6.54 Å². The van der Waals surface area contributed by atoms with Gasteiger partial charge in [-0.25, -0.2) is 14.4 Å². The summed E-state index contributed by atoms with van der Waals surface area (Å²) in [5.74, 6) is -0.0804. The largest absolute Gasteiger partial charge is 0.345 e. The molecule has 0 saturated heterocycles. The Morgan fingerprint density at radius 2 is 2.19 bits per heavy atom. The zero-order chi connectivity index (χ0) is 14.8. The van der Waals surface area contributed by atoms with E-state index in [-0.39, 0.29) is 23.4 Å². The van der Waals surface area contributed by atoms with Crippen LogP contribution in [-0.4, -0.2) is 20.9 Å². The van der Waals surface area contributed by atoms with E-state index < -0.39 is 0 Å². The van der Waals surface area contributed by atoms with E-state index in [9.17, 15) is 9.18 Å².